The summed E-state index contributed by atoms with van der Waals surface area (Å²) < 4.78 is 0. The zero-order chi connectivity index (χ0) is 14.9. The fourth-order valence-electron chi connectivity index (χ4n) is 2.83. The minimum absolute atomic E-state index is 0.743. The van der Waals surface area contributed by atoms with Crippen LogP contribution in [0.1, 0.15) is 0 Å². The molecular weight excluding hydrogens is 290 g/mol. The van der Waals surface area contributed by atoms with Crippen molar-refractivity contribution in [2.75, 3.05) is 0 Å². The normalized spacial score (nSPS) is 11.0. The number of fused-ring (bicyclic) bond motifs is 1. The second-order valence-electron chi connectivity index (χ2n) is 5.33. The molecule has 3 aromatic carbocycles. The molecule has 2 heteroatoms. The Bertz CT molecular complexity index is 924. The van der Waals surface area contributed by atoms with Gasteiger partial charge in [-0.1, -0.05) is 72.3 Å². The molecule has 0 aliphatic heterocycles. The molecule has 0 radical (unpaired) electrons. The van der Waals surface area contributed by atoms with E-state index in [0.717, 1.165) is 21.8 Å². The Balaban J connectivity index is 1.97. The van der Waals surface area contributed by atoms with E-state index in [4.69, 9.17) is 11.6 Å². The number of nitrogens with one attached hydrogen (secondary N) is 1. The molecule has 0 fully saturated rings. The summed E-state index contributed by atoms with van der Waals surface area (Å²) >= 11 is 6.31. The summed E-state index contributed by atoms with van der Waals surface area (Å²) in [5.41, 5.74) is 5.67. The highest BCUT2D eigenvalue weighted by Crippen LogP contribution is 2.34. The Labute approximate surface area is 134 Å². The maximum atomic E-state index is 6.31. The Morgan fingerprint density at radius 1 is 0.682 bits per heavy atom. The maximum absolute atomic E-state index is 6.31. The van der Waals surface area contributed by atoms with Gasteiger partial charge in [0.05, 0.1) is 0 Å². The van der Waals surface area contributed by atoms with Gasteiger partial charge in [0, 0.05) is 21.6 Å². The predicted octanol–water partition coefficient (Wildman–Crippen LogP) is 6.16. The summed E-state index contributed by atoms with van der Waals surface area (Å²) in [7, 11) is 0. The smallest absolute Gasteiger partial charge is 0.0480 e. The van der Waals surface area contributed by atoms with Crippen molar-refractivity contribution in [2.24, 2.45) is 0 Å². The molecule has 0 aliphatic carbocycles. The molecule has 0 spiro atoms. The van der Waals surface area contributed by atoms with Gasteiger partial charge in [-0.05, 0) is 34.9 Å². The minimum Gasteiger partial charge on any atom is -0.354 e. The average Bonchev–Trinajstić information content (AvgIpc) is 2.99. The van der Waals surface area contributed by atoms with Gasteiger partial charge < -0.3 is 4.98 Å². The number of hydrogen-bond donors (Lipinski definition) is 1. The lowest BCUT2D eigenvalue weighted by atomic mass is 10.0. The number of benzene rings is 3. The zero-order valence-corrected chi connectivity index (χ0v) is 12.6. The Hall–Kier alpha value is -2.51. The highest BCUT2D eigenvalue weighted by Gasteiger charge is 2.10. The van der Waals surface area contributed by atoms with E-state index in [0.29, 0.717) is 0 Å². The lowest BCUT2D eigenvalue weighted by Gasteiger charge is -2.04. The number of H-pyrrole nitrogens is 1. The van der Waals surface area contributed by atoms with Gasteiger partial charge in [0.15, 0.2) is 0 Å². The van der Waals surface area contributed by atoms with Crippen molar-refractivity contribution in [2.45, 2.75) is 0 Å². The second kappa shape index (κ2) is 5.36. The van der Waals surface area contributed by atoms with Gasteiger partial charge in [0.25, 0.3) is 0 Å². The van der Waals surface area contributed by atoms with Crippen LogP contribution in [0.15, 0.2) is 78.9 Å². The van der Waals surface area contributed by atoms with Crippen molar-refractivity contribution < 1.29 is 0 Å². The number of halogens is 1. The van der Waals surface area contributed by atoms with E-state index in [1.165, 1.54) is 16.5 Å². The van der Waals surface area contributed by atoms with Crippen molar-refractivity contribution in [3.05, 3.63) is 83.9 Å². The lowest BCUT2D eigenvalue weighted by Crippen LogP contribution is -1.79. The van der Waals surface area contributed by atoms with E-state index >= 15 is 0 Å². The van der Waals surface area contributed by atoms with Crippen molar-refractivity contribution in [1.29, 1.82) is 0 Å². The Morgan fingerprint density at radius 2 is 1.32 bits per heavy atom. The molecule has 1 heterocycles. The van der Waals surface area contributed by atoms with Gasteiger partial charge in [0.1, 0.15) is 0 Å². The van der Waals surface area contributed by atoms with Crippen LogP contribution < -0.4 is 0 Å². The maximum Gasteiger partial charge on any atom is 0.0480 e. The number of aromatic amines is 1. The van der Waals surface area contributed by atoms with Gasteiger partial charge in [0.2, 0.25) is 0 Å². The summed E-state index contributed by atoms with van der Waals surface area (Å²) in [5, 5.41) is 1.93. The van der Waals surface area contributed by atoms with E-state index < -0.39 is 0 Å². The van der Waals surface area contributed by atoms with Crippen LogP contribution in [0, 0.1) is 0 Å². The van der Waals surface area contributed by atoms with Crippen LogP contribution in [0.2, 0.25) is 5.02 Å². The van der Waals surface area contributed by atoms with E-state index in [9.17, 15) is 0 Å². The molecule has 0 saturated carbocycles. The first-order chi connectivity index (χ1) is 10.8. The third kappa shape index (κ3) is 2.30. The molecule has 1 aromatic heterocycles. The molecule has 0 atom stereocenters. The lowest BCUT2D eigenvalue weighted by molar-refractivity contribution is 1.45. The van der Waals surface area contributed by atoms with Crippen molar-refractivity contribution in [3.8, 4) is 22.4 Å². The summed E-state index contributed by atoms with van der Waals surface area (Å²) in [4.78, 5) is 3.48. The molecule has 0 unspecified atom stereocenters. The molecule has 1 nitrogen and oxygen atoms in total. The molecule has 106 valence electrons. The van der Waals surface area contributed by atoms with Crippen molar-refractivity contribution in [1.82, 2.24) is 4.98 Å². The minimum atomic E-state index is 0.743. The van der Waals surface area contributed by atoms with Crippen molar-refractivity contribution >= 4 is 22.5 Å². The standard InChI is InChI=1S/C20H14ClN/c21-16-11-17(14-7-3-1-4-8-14)18-13-19(22-20(18)12-16)15-9-5-2-6-10-15/h1-13,22H. The fraction of sp³-hybridized carbons (Fsp3) is 0. The molecule has 0 saturated heterocycles. The Morgan fingerprint density at radius 3 is 2.00 bits per heavy atom. The van der Waals surface area contributed by atoms with Crippen LogP contribution in [0.4, 0.5) is 0 Å². The van der Waals surface area contributed by atoms with Gasteiger partial charge in [-0.2, -0.15) is 0 Å². The monoisotopic (exact) mass is 303 g/mol. The molecule has 0 amide bonds. The van der Waals surface area contributed by atoms with Crippen LogP contribution >= 0.6 is 11.6 Å². The molecule has 4 aromatic rings. The summed E-state index contributed by atoms with van der Waals surface area (Å²) in [5.74, 6) is 0. The number of rotatable bonds is 2. The third-order valence-corrected chi connectivity index (χ3v) is 4.09. The molecule has 4 rings (SSSR count). The molecule has 0 aliphatic rings. The average molecular weight is 304 g/mol. The van der Waals surface area contributed by atoms with Crippen LogP contribution in [0.3, 0.4) is 0 Å². The zero-order valence-electron chi connectivity index (χ0n) is 11.9. The van der Waals surface area contributed by atoms with Gasteiger partial charge in [-0.3, -0.25) is 0 Å². The van der Waals surface area contributed by atoms with Gasteiger partial charge in [-0.15, -0.1) is 0 Å². The first-order valence-electron chi connectivity index (χ1n) is 7.24. The van der Waals surface area contributed by atoms with Gasteiger partial charge >= 0.3 is 0 Å². The van der Waals surface area contributed by atoms with Crippen LogP contribution in [0.25, 0.3) is 33.3 Å². The largest absolute Gasteiger partial charge is 0.354 e. The first-order valence-corrected chi connectivity index (χ1v) is 7.62. The molecule has 22 heavy (non-hydrogen) atoms. The Kier molecular flexibility index (Phi) is 3.21. The second-order valence-corrected chi connectivity index (χ2v) is 5.77. The topological polar surface area (TPSA) is 15.8 Å². The van der Waals surface area contributed by atoms with Crippen LogP contribution in [0.5, 0.6) is 0 Å². The van der Waals surface area contributed by atoms with Crippen molar-refractivity contribution in [3.63, 3.8) is 0 Å². The molecule has 1 N–H and O–H groups in total. The van der Waals surface area contributed by atoms with Gasteiger partial charge in [-0.25, -0.2) is 0 Å². The summed E-state index contributed by atoms with van der Waals surface area (Å²) in [6.07, 6.45) is 0. The predicted molar refractivity (Wildman–Crippen MR) is 94.2 cm³/mol. The van der Waals surface area contributed by atoms with E-state index in [1.54, 1.807) is 0 Å². The van der Waals surface area contributed by atoms with E-state index in [1.807, 2.05) is 48.5 Å². The highest BCUT2D eigenvalue weighted by atomic mass is 35.5. The molecular formula is C20H14ClN. The first kappa shape index (κ1) is 13.2. The number of aromatic nitrogens is 1. The summed E-state index contributed by atoms with van der Waals surface area (Å²) in [6.45, 7) is 0. The quantitative estimate of drug-likeness (QED) is 0.457. The SMILES string of the molecule is Clc1cc(-c2ccccc2)c2cc(-c3ccccc3)[nH]c2c1. The highest BCUT2D eigenvalue weighted by molar-refractivity contribution is 6.32. The van der Waals surface area contributed by atoms with Crippen LogP contribution in [-0.4, -0.2) is 4.98 Å². The number of hydrogen-bond acceptors (Lipinski definition) is 0. The molecule has 0 bridgehead atoms. The van der Waals surface area contributed by atoms with E-state index in [2.05, 4.69) is 35.3 Å². The third-order valence-electron chi connectivity index (χ3n) is 3.87. The van der Waals surface area contributed by atoms with E-state index in [-0.39, 0.29) is 0 Å². The van der Waals surface area contributed by atoms with Crippen LogP contribution in [-0.2, 0) is 0 Å². The summed E-state index contributed by atoms with van der Waals surface area (Å²) in [6, 6.07) is 26.9. The fourth-order valence-corrected chi connectivity index (χ4v) is 3.05.